The van der Waals surface area contributed by atoms with Crippen LogP contribution in [-0.4, -0.2) is 42.8 Å². The van der Waals surface area contributed by atoms with Gasteiger partial charge in [0.2, 0.25) is 10.0 Å². The number of unbranched alkanes of at least 4 members (excludes halogenated alkanes) is 1. The molecular formula is C11H25NO3S. The molecule has 16 heavy (non-hydrogen) atoms. The van der Waals surface area contributed by atoms with E-state index in [1.54, 1.807) is 6.92 Å². The van der Waals surface area contributed by atoms with E-state index in [4.69, 9.17) is 0 Å². The maximum Gasteiger partial charge on any atom is 0.211 e. The van der Waals surface area contributed by atoms with Gasteiger partial charge in [0, 0.05) is 12.6 Å². The van der Waals surface area contributed by atoms with E-state index in [1.165, 1.54) is 10.6 Å². The predicted molar refractivity (Wildman–Crippen MR) is 66.8 cm³/mol. The van der Waals surface area contributed by atoms with Crippen LogP contribution in [0, 0.1) is 0 Å². The van der Waals surface area contributed by atoms with E-state index < -0.39 is 16.1 Å². The molecule has 5 heteroatoms. The van der Waals surface area contributed by atoms with E-state index in [0.29, 0.717) is 0 Å². The highest BCUT2D eigenvalue weighted by Crippen LogP contribution is 2.16. The summed E-state index contributed by atoms with van der Waals surface area (Å²) in [6.45, 7) is 5.89. The number of rotatable bonds is 8. The highest BCUT2D eigenvalue weighted by atomic mass is 32.2. The monoisotopic (exact) mass is 251 g/mol. The molecule has 2 atom stereocenters. The van der Waals surface area contributed by atoms with Crippen molar-refractivity contribution >= 4 is 10.0 Å². The minimum Gasteiger partial charge on any atom is -0.392 e. The Bertz CT molecular complexity index is 275. The largest absolute Gasteiger partial charge is 0.392 e. The average Bonchev–Trinajstić information content (AvgIpc) is 2.15. The SMILES string of the molecule is CCCCC(CC)N(CC(C)O)S(C)(=O)=O. The van der Waals surface area contributed by atoms with Gasteiger partial charge in [-0.05, 0) is 19.8 Å². The maximum atomic E-state index is 11.6. The molecule has 0 aromatic carbocycles. The first-order valence-corrected chi connectivity index (χ1v) is 7.82. The van der Waals surface area contributed by atoms with Crippen LogP contribution in [0.25, 0.3) is 0 Å². The summed E-state index contributed by atoms with van der Waals surface area (Å²) in [6, 6.07) is 0.0181. The van der Waals surface area contributed by atoms with Gasteiger partial charge in [-0.25, -0.2) is 8.42 Å². The Morgan fingerprint density at radius 2 is 1.88 bits per heavy atom. The smallest absolute Gasteiger partial charge is 0.211 e. The highest BCUT2D eigenvalue weighted by Gasteiger charge is 2.25. The number of aliphatic hydroxyl groups excluding tert-OH is 1. The van der Waals surface area contributed by atoms with Crippen molar-refractivity contribution in [1.82, 2.24) is 4.31 Å². The molecule has 4 nitrogen and oxygen atoms in total. The molecule has 0 aromatic rings. The first-order chi connectivity index (χ1) is 7.32. The minimum absolute atomic E-state index is 0.0181. The maximum absolute atomic E-state index is 11.6. The summed E-state index contributed by atoms with van der Waals surface area (Å²) in [4.78, 5) is 0. The summed E-state index contributed by atoms with van der Waals surface area (Å²) in [6.07, 6.45) is 4.33. The summed E-state index contributed by atoms with van der Waals surface area (Å²) < 4.78 is 24.7. The van der Waals surface area contributed by atoms with Gasteiger partial charge in [-0.1, -0.05) is 26.7 Å². The number of nitrogens with zero attached hydrogens (tertiary/aromatic N) is 1. The Balaban J connectivity index is 4.70. The molecule has 2 unspecified atom stereocenters. The third kappa shape index (κ3) is 5.82. The zero-order valence-corrected chi connectivity index (χ0v) is 11.6. The number of sulfonamides is 1. The van der Waals surface area contributed by atoms with Gasteiger partial charge >= 0.3 is 0 Å². The zero-order valence-electron chi connectivity index (χ0n) is 10.8. The Morgan fingerprint density at radius 3 is 2.19 bits per heavy atom. The molecule has 0 aliphatic heterocycles. The molecule has 0 rings (SSSR count). The third-order valence-corrected chi connectivity index (χ3v) is 3.94. The van der Waals surface area contributed by atoms with Crippen LogP contribution in [0.15, 0.2) is 0 Å². The highest BCUT2D eigenvalue weighted by molar-refractivity contribution is 7.88. The summed E-state index contributed by atoms with van der Waals surface area (Å²) >= 11 is 0. The van der Waals surface area contributed by atoms with Crippen molar-refractivity contribution in [3.05, 3.63) is 0 Å². The Labute approximate surface area is 99.7 Å². The second kappa shape index (κ2) is 7.25. The van der Waals surface area contributed by atoms with Crippen molar-refractivity contribution in [3.8, 4) is 0 Å². The van der Waals surface area contributed by atoms with Crippen molar-refractivity contribution in [2.24, 2.45) is 0 Å². The Kier molecular flexibility index (Phi) is 7.19. The van der Waals surface area contributed by atoms with Crippen molar-refractivity contribution in [2.75, 3.05) is 12.8 Å². The van der Waals surface area contributed by atoms with Crippen molar-refractivity contribution < 1.29 is 13.5 Å². The Hall–Kier alpha value is -0.130. The molecule has 0 bridgehead atoms. The van der Waals surface area contributed by atoms with Crippen LogP contribution in [0.1, 0.15) is 46.5 Å². The van der Waals surface area contributed by atoms with Crippen LogP contribution in [0.2, 0.25) is 0 Å². The van der Waals surface area contributed by atoms with Gasteiger partial charge in [0.25, 0.3) is 0 Å². The standard InChI is InChI=1S/C11H25NO3S/c1-5-7-8-11(6-2)12(9-10(3)13)16(4,14)15/h10-11,13H,5-9H2,1-4H3. The topological polar surface area (TPSA) is 57.6 Å². The molecule has 0 saturated heterocycles. The van der Waals surface area contributed by atoms with Gasteiger partial charge in [-0.3, -0.25) is 0 Å². The summed E-state index contributed by atoms with van der Waals surface area (Å²) in [5.74, 6) is 0. The fraction of sp³-hybridized carbons (Fsp3) is 1.00. The second-order valence-electron chi connectivity index (χ2n) is 4.39. The van der Waals surface area contributed by atoms with E-state index in [9.17, 15) is 13.5 Å². The summed E-state index contributed by atoms with van der Waals surface area (Å²) in [5.41, 5.74) is 0. The molecule has 0 heterocycles. The molecule has 0 aliphatic carbocycles. The van der Waals surface area contributed by atoms with E-state index in [-0.39, 0.29) is 12.6 Å². The lowest BCUT2D eigenvalue weighted by molar-refractivity contribution is 0.143. The average molecular weight is 251 g/mol. The second-order valence-corrected chi connectivity index (χ2v) is 6.32. The molecular weight excluding hydrogens is 226 g/mol. The number of hydrogen-bond acceptors (Lipinski definition) is 3. The van der Waals surface area contributed by atoms with Crippen LogP contribution in [0.3, 0.4) is 0 Å². The lowest BCUT2D eigenvalue weighted by atomic mass is 10.1. The molecule has 0 amide bonds. The van der Waals surface area contributed by atoms with Gasteiger partial charge in [0.05, 0.1) is 12.4 Å². The van der Waals surface area contributed by atoms with Crippen LogP contribution in [0.4, 0.5) is 0 Å². The summed E-state index contributed by atoms with van der Waals surface area (Å²) in [7, 11) is -3.23. The number of aliphatic hydroxyl groups is 1. The minimum atomic E-state index is -3.23. The van der Waals surface area contributed by atoms with Gasteiger partial charge in [-0.2, -0.15) is 4.31 Å². The van der Waals surface area contributed by atoms with E-state index in [2.05, 4.69) is 6.92 Å². The molecule has 0 radical (unpaired) electrons. The quantitative estimate of drug-likeness (QED) is 0.713. The van der Waals surface area contributed by atoms with E-state index in [0.717, 1.165) is 25.7 Å². The molecule has 1 N–H and O–H groups in total. The van der Waals surface area contributed by atoms with Crippen LogP contribution >= 0.6 is 0 Å². The lowest BCUT2D eigenvalue weighted by Gasteiger charge is -2.29. The molecule has 0 saturated carbocycles. The molecule has 0 spiro atoms. The molecule has 98 valence electrons. The fourth-order valence-corrected chi connectivity index (χ4v) is 3.09. The van der Waals surface area contributed by atoms with Gasteiger partial charge < -0.3 is 5.11 Å². The molecule has 0 aliphatic rings. The Morgan fingerprint density at radius 1 is 1.31 bits per heavy atom. The van der Waals surface area contributed by atoms with Gasteiger partial charge in [-0.15, -0.1) is 0 Å². The van der Waals surface area contributed by atoms with E-state index >= 15 is 0 Å². The van der Waals surface area contributed by atoms with Crippen molar-refractivity contribution in [1.29, 1.82) is 0 Å². The first kappa shape index (κ1) is 15.9. The van der Waals surface area contributed by atoms with Gasteiger partial charge in [0.15, 0.2) is 0 Å². The van der Waals surface area contributed by atoms with Gasteiger partial charge in [0.1, 0.15) is 0 Å². The zero-order chi connectivity index (χ0) is 12.8. The van der Waals surface area contributed by atoms with Crippen LogP contribution in [-0.2, 0) is 10.0 Å². The first-order valence-electron chi connectivity index (χ1n) is 5.97. The van der Waals surface area contributed by atoms with E-state index in [1.807, 2.05) is 6.92 Å². The molecule has 0 aromatic heterocycles. The van der Waals surface area contributed by atoms with Crippen molar-refractivity contribution in [3.63, 3.8) is 0 Å². The normalized spacial score (nSPS) is 16.4. The predicted octanol–water partition coefficient (Wildman–Crippen LogP) is 1.60. The third-order valence-electron chi connectivity index (χ3n) is 2.64. The lowest BCUT2D eigenvalue weighted by Crippen LogP contribution is -2.43. The van der Waals surface area contributed by atoms with Crippen molar-refractivity contribution in [2.45, 2.75) is 58.6 Å². The van der Waals surface area contributed by atoms with Crippen LogP contribution < -0.4 is 0 Å². The molecule has 0 fully saturated rings. The summed E-state index contributed by atoms with van der Waals surface area (Å²) in [5, 5.41) is 9.35. The number of hydrogen-bond donors (Lipinski definition) is 1. The van der Waals surface area contributed by atoms with Crippen LogP contribution in [0.5, 0.6) is 0 Å². The fourth-order valence-electron chi connectivity index (χ4n) is 1.81.